The van der Waals surface area contributed by atoms with Crippen LogP contribution in [0.1, 0.15) is 19.8 Å². The van der Waals surface area contributed by atoms with Crippen molar-refractivity contribution in [3.05, 3.63) is 53.6 Å². The largest absolute Gasteiger partial charge is 0.494 e. The van der Waals surface area contributed by atoms with E-state index in [-0.39, 0.29) is 11.9 Å². The maximum Gasteiger partial charge on any atom is 0.322 e. The number of nitrogens with one attached hydrogen (secondary N) is 1. The standard InChI is InChI=1S/C20H20ClN3O3S/c1-2-26-16-9-5-14(6-10-16)19-23-24-20(27-19)22-18(25)4-3-13-28-17-11-7-15(21)8-12-17/h5-12H,2-4,13H2,1H3,(H,22,24,25). The van der Waals surface area contributed by atoms with Crippen LogP contribution < -0.4 is 10.1 Å². The molecule has 28 heavy (non-hydrogen) atoms. The second-order valence-electron chi connectivity index (χ2n) is 5.82. The summed E-state index contributed by atoms with van der Waals surface area (Å²) in [4.78, 5) is 13.2. The predicted octanol–water partition coefficient (Wildman–Crippen LogP) is 5.30. The van der Waals surface area contributed by atoms with E-state index in [4.69, 9.17) is 20.8 Å². The number of halogens is 1. The van der Waals surface area contributed by atoms with Gasteiger partial charge in [-0.15, -0.1) is 16.9 Å². The Balaban J connectivity index is 1.43. The van der Waals surface area contributed by atoms with E-state index in [2.05, 4.69) is 15.5 Å². The van der Waals surface area contributed by atoms with Gasteiger partial charge < -0.3 is 9.15 Å². The average Bonchev–Trinajstić information content (AvgIpc) is 3.16. The molecular formula is C20H20ClN3O3S. The number of anilines is 1. The number of benzene rings is 2. The van der Waals surface area contributed by atoms with Crippen LogP contribution >= 0.6 is 23.4 Å². The molecule has 6 nitrogen and oxygen atoms in total. The van der Waals surface area contributed by atoms with Crippen molar-refractivity contribution >= 4 is 35.3 Å². The Morgan fingerprint density at radius 2 is 1.89 bits per heavy atom. The maximum absolute atomic E-state index is 12.0. The second kappa shape index (κ2) is 10.1. The zero-order valence-corrected chi connectivity index (χ0v) is 16.9. The Bertz CT molecular complexity index is 898. The molecule has 3 aromatic rings. The molecule has 0 saturated carbocycles. The van der Waals surface area contributed by atoms with Crippen LogP contribution in [0, 0.1) is 0 Å². The molecule has 0 unspecified atom stereocenters. The fourth-order valence-electron chi connectivity index (χ4n) is 2.39. The Morgan fingerprint density at radius 3 is 2.61 bits per heavy atom. The first-order chi connectivity index (χ1) is 13.6. The molecule has 0 aliphatic carbocycles. The van der Waals surface area contributed by atoms with Crippen molar-refractivity contribution in [2.45, 2.75) is 24.7 Å². The third kappa shape index (κ3) is 6.00. The van der Waals surface area contributed by atoms with Crippen LogP contribution in [0.15, 0.2) is 57.8 Å². The van der Waals surface area contributed by atoms with Gasteiger partial charge in [0.2, 0.25) is 11.8 Å². The van der Waals surface area contributed by atoms with Gasteiger partial charge in [0.25, 0.3) is 0 Å². The lowest BCUT2D eigenvalue weighted by molar-refractivity contribution is -0.116. The number of carbonyl (C=O) groups excluding carboxylic acids is 1. The molecule has 0 aliphatic heterocycles. The third-order valence-corrected chi connectivity index (χ3v) is 5.06. The van der Waals surface area contributed by atoms with Gasteiger partial charge >= 0.3 is 6.01 Å². The van der Waals surface area contributed by atoms with Crippen molar-refractivity contribution in [2.75, 3.05) is 17.7 Å². The predicted molar refractivity (Wildman–Crippen MR) is 111 cm³/mol. The van der Waals surface area contributed by atoms with Gasteiger partial charge in [-0.05, 0) is 67.6 Å². The highest BCUT2D eigenvalue weighted by Gasteiger charge is 2.11. The summed E-state index contributed by atoms with van der Waals surface area (Å²) in [5.41, 5.74) is 0.760. The van der Waals surface area contributed by atoms with E-state index in [9.17, 15) is 4.79 Å². The minimum Gasteiger partial charge on any atom is -0.494 e. The van der Waals surface area contributed by atoms with Gasteiger partial charge in [0.15, 0.2) is 0 Å². The molecule has 8 heteroatoms. The van der Waals surface area contributed by atoms with Gasteiger partial charge in [-0.1, -0.05) is 16.7 Å². The van der Waals surface area contributed by atoms with E-state index in [1.54, 1.807) is 11.8 Å². The summed E-state index contributed by atoms with van der Waals surface area (Å²) in [7, 11) is 0. The molecule has 0 saturated heterocycles. The molecule has 1 aromatic heterocycles. The molecule has 3 rings (SSSR count). The number of carbonyl (C=O) groups is 1. The molecular weight excluding hydrogens is 398 g/mol. The SMILES string of the molecule is CCOc1ccc(-c2nnc(NC(=O)CCCSc3ccc(Cl)cc3)o2)cc1. The van der Waals surface area contributed by atoms with Crippen LogP contribution in [0.4, 0.5) is 6.01 Å². The number of thioether (sulfide) groups is 1. The number of rotatable bonds is 9. The van der Waals surface area contributed by atoms with E-state index in [0.717, 1.165) is 28.4 Å². The number of aromatic nitrogens is 2. The molecule has 0 bridgehead atoms. The van der Waals surface area contributed by atoms with Crippen molar-refractivity contribution in [1.29, 1.82) is 0 Å². The molecule has 0 atom stereocenters. The number of hydrogen-bond donors (Lipinski definition) is 1. The molecule has 0 fully saturated rings. The molecule has 0 aliphatic rings. The lowest BCUT2D eigenvalue weighted by atomic mass is 10.2. The van der Waals surface area contributed by atoms with Gasteiger partial charge in [-0.3, -0.25) is 10.1 Å². The summed E-state index contributed by atoms with van der Waals surface area (Å²) in [6.07, 6.45) is 1.11. The Labute approximate surface area is 172 Å². The first-order valence-electron chi connectivity index (χ1n) is 8.89. The van der Waals surface area contributed by atoms with Crippen molar-refractivity contribution in [1.82, 2.24) is 10.2 Å². The maximum atomic E-state index is 12.0. The number of ether oxygens (including phenoxy) is 1. The number of nitrogens with zero attached hydrogens (tertiary/aromatic N) is 2. The summed E-state index contributed by atoms with van der Waals surface area (Å²) in [5, 5.41) is 11.2. The Morgan fingerprint density at radius 1 is 1.14 bits per heavy atom. The number of hydrogen-bond acceptors (Lipinski definition) is 6. The minimum absolute atomic E-state index is 0.0965. The summed E-state index contributed by atoms with van der Waals surface area (Å²) in [5.74, 6) is 1.79. The van der Waals surface area contributed by atoms with Gasteiger partial charge in [0.1, 0.15) is 5.75 Å². The summed E-state index contributed by atoms with van der Waals surface area (Å²) >= 11 is 7.55. The van der Waals surface area contributed by atoms with Crippen molar-refractivity contribution in [2.24, 2.45) is 0 Å². The van der Waals surface area contributed by atoms with E-state index < -0.39 is 0 Å². The normalized spacial score (nSPS) is 10.6. The van der Waals surface area contributed by atoms with Crippen molar-refractivity contribution in [3.8, 4) is 17.2 Å². The van der Waals surface area contributed by atoms with Crippen LogP contribution in [0.5, 0.6) is 5.75 Å². The lowest BCUT2D eigenvalue weighted by Crippen LogP contribution is -2.11. The first-order valence-corrected chi connectivity index (χ1v) is 10.3. The van der Waals surface area contributed by atoms with E-state index >= 15 is 0 Å². The zero-order chi connectivity index (χ0) is 19.8. The van der Waals surface area contributed by atoms with Gasteiger partial charge in [-0.2, -0.15) is 0 Å². The third-order valence-electron chi connectivity index (χ3n) is 3.71. The molecule has 2 aromatic carbocycles. The van der Waals surface area contributed by atoms with Gasteiger partial charge in [-0.25, -0.2) is 0 Å². The summed E-state index contributed by atoms with van der Waals surface area (Å²) < 4.78 is 10.9. The molecule has 146 valence electrons. The zero-order valence-electron chi connectivity index (χ0n) is 15.4. The Kier molecular flexibility index (Phi) is 7.33. The smallest absolute Gasteiger partial charge is 0.322 e. The van der Waals surface area contributed by atoms with Crippen molar-refractivity contribution in [3.63, 3.8) is 0 Å². The highest BCUT2D eigenvalue weighted by Crippen LogP contribution is 2.23. The van der Waals surface area contributed by atoms with E-state index in [1.165, 1.54) is 0 Å². The van der Waals surface area contributed by atoms with Crippen LogP contribution in [0.2, 0.25) is 5.02 Å². The molecule has 1 heterocycles. The summed E-state index contributed by atoms with van der Waals surface area (Å²) in [6.45, 7) is 2.53. The van der Waals surface area contributed by atoms with Gasteiger partial charge in [0.05, 0.1) is 6.61 Å². The van der Waals surface area contributed by atoms with E-state index in [0.29, 0.717) is 23.9 Å². The van der Waals surface area contributed by atoms with Crippen molar-refractivity contribution < 1.29 is 13.9 Å². The highest BCUT2D eigenvalue weighted by molar-refractivity contribution is 7.99. The monoisotopic (exact) mass is 417 g/mol. The average molecular weight is 418 g/mol. The van der Waals surface area contributed by atoms with Crippen LogP contribution in [0.25, 0.3) is 11.5 Å². The molecule has 0 radical (unpaired) electrons. The highest BCUT2D eigenvalue weighted by atomic mass is 35.5. The minimum atomic E-state index is -0.154. The summed E-state index contributed by atoms with van der Waals surface area (Å²) in [6, 6.07) is 15.1. The van der Waals surface area contributed by atoms with Crippen LogP contribution in [-0.4, -0.2) is 28.5 Å². The fraction of sp³-hybridized carbons (Fsp3) is 0.250. The Hall–Kier alpha value is -2.51. The fourth-order valence-corrected chi connectivity index (χ4v) is 3.37. The second-order valence-corrected chi connectivity index (χ2v) is 7.43. The quantitative estimate of drug-likeness (QED) is 0.376. The first kappa shape index (κ1) is 20.2. The molecule has 1 N–H and O–H groups in total. The molecule has 1 amide bonds. The van der Waals surface area contributed by atoms with Crippen LogP contribution in [0.3, 0.4) is 0 Å². The topological polar surface area (TPSA) is 77.3 Å². The molecule has 0 spiro atoms. The van der Waals surface area contributed by atoms with E-state index in [1.807, 2.05) is 55.5 Å². The van der Waals surface area contributed by atoms with Gasteiger partial charge in [0, 0.05) is 21.9 Å². The van der Waals surface area contributed by atoms with Crippen LogP contribution in [-0.2, 0) is 4.79 Å². The number of amides is 1. The lowest BCUT2D eigenvalue weighted by Gasteiger charge is -2.03.